The lowest BCUT2D eigenvalue weighted by Gasteiger charge is -2.06. The van der Waals surface area contributed by atoms with Crippen molar-refractivity contribution in [2.75, 3.05) is 18.2 Å². The van der Waals surface area contributed by atoms with Crippen LogP contribution in [-0.2, 0) is 9.53 Å². The summed E-state index contributed by atoms with van der Waals surface area (Å²) in [5.74, 6) is -0.571. The van der Waals surface area contributed by atoms with Crippen LogP contribution in [0, 0.1) is 0 Å². The van der Waals surface area contributed by atoms with E-state index in [9.17, 15) is 9.59 Å². The normalized spacial score (nSPS) is 9.47. The number of ether oxygens (including phenoxy) is 1. The van der Waals surface area contributed by atoms with Gasteiger partial charge < -0.3 is 15.8 Å². The fraction of sp³-hybridized carbons (Fsp3) is 0.222. The van der Waals surface area contributed by atoms with Crippen LogP contribution in [0.15, 0.2) is 12.3 Å². The van der Waals surface area contributed by atoms with E-state index in [1.54, 1.807) is 0 Å². The van der Waals surface area contributed by atoms with Gasteiger partial charge in [0.15, 0.2) is 5.82 Å². The molecule has 0 saturated carbocycles. The molecule has 1 heterocycles. The molecule has 0 saturated heterocycles. The summed E-state index contributed by atoms with van der Waals surface area (Å²) in [4.78, 5) is 25.7. The highest BCUT2D eigenvalue weighted by molar-refractivity contribution is 5.94. The summed E-state index contributed by atoms with van der Waals surface area (Å²) in [6.45, 7) is 1.34. The van der Waals surface area contributed by atoms with Crippen molar-refractivity contribution >= 4 is 23.4 Å². The second-order valence-electron chi connectivity index (χ2n) is 2.83. The van der Waals surface area contributed by atoms with Crippen molar-refractivity contribution < 1.29 is 14.3 Å². The highest BCUT2D eigenvalue weighted by Gasteiger charge is 2.09. The van der Waals surface area contributed by atoms with Crippen LogP contribution in [0.4, 0.5) is 11.5 Å². The van der Waals surface area contributed by atoms with Gasteiger partial charge in [-0.15, -0.1) is 0 Å². The highest BCUT2D eigenvalue weighted by atomic mass is 16.5. The van der Waals surface area contributed by atoms with Crippen LogP contribution in [0.1, 0.15) is 17.3 Å². The van der Waals surface area contributed by atoms with Crippen LogP contribution in [-0.4, -0.2) is 24.0 Å². The lowest BCUT2D eigenvalue weighted by atomic mass is 10.2. The number of rotatable bonds is 2. The first-order valence-corrected chi connectivity index (χ1v) is 4.16. The average molecular weight is 209 g/mol. The van der Waals surface area contributed by atoms with E-state index in [4.69, 9.17) is 5.73 Å². The predicted molar refractivity (Wildman–Crippen MR) is 54.3 cm³/mol. The number of methoxy groups -OCH3 is 1. The number of aromatic nitrogens is 1. The third-order valence-electron chi connectivity index (χ3n) is 1.63. The van der Waals surface area contributed by atoms with E-state index in [-0.39, 0.29) is 23.0 Å². The number of carbonyl (C=O) groups is 2. The van der Waals surface area contributed by atoms with Crippen LogP contribution in [0.25, 0.3) is 0 Å². The fourth-order valence-electron chi connectivity index (χ4n) is 0.982. The maximum atomic E-state index is 11.1. The first kappa shape index (κ1) is 11.0. The molecule has 1 rings (SSSR count). The second-order valence-corrected chi connectivity index (χ2v) is 2.83. The molecular formula is C9H11N3O3. The van der Waals surface area contributed by atoms with Crippen LogP contribution >= 0.6 is 0 Å². The topological polar surface area (TPSA) is 94.3 Å². The summed E-state index contributed by atoms with van der Waals surface area (Å²) < 4.78 is 4.49. The molecule has 1 amide bonds. The summed E-state index contributed by atoms with van der Waals surface area (Å²) in [7, 11) is 1.26. The number of esters is 1. The molecule has 0 fully saturated rings. The van der Waals surface area contributed by atoms with Crippen LogP contribution in [0.5, 0.6) is 0 Å². The Morgan fingerprint density at radius 3 is 2.67 bits per heavy atom. The van der Waals surface area contributed by atoms with Crippen molar-refractivity contribution in [3.63, 3.8) is 0 Å². The quantitative estimate of drug-likeness (QED) is 0.688. The SMILES string of the molecule is COC(=O)c1cnc(NC(C)=O)c(N)c1. The summed E-state index contributed by atoms with van der Waals surface area (Å²) in [6, 6.07) is 1.39. The first-order valence-electron chi connectivity index (χ1n) is 4.16. The van der Waals surface area contributed by atoms with Crippen LogP contribution in [0.3, 0.4) is 0 Å². The van der Waals surface area contributed by atoms with E-state index >= 15 is 0 Å². The van der Waals surface area contributed by atoms with Gasteiger partial charge in [-0.25, -0.2) is 9.78 Å². The molecule has 1 aromatic heterocycles. The molecule has 0 aliphatic carbocycles. The van der Waals surface area contributed by atoms with E-state index < -0.39 is 5.97 Å². The molecule has 15 heavy (non-hydrogen) atoms. The second kappa shape index (κ2) is 4.41. The predicted octanol–water partition coefficient (Wildman–Crippen LogP) is 0.409. The van der Waals surface area contributed by atoms with Crippen molar-refractivity contribution in [1.29, 1.82) is 0 Å². The summed E-state index contributed by atoms with van der Waals surface area (Å²) in [5.41, 5.74) is 6.03. The molecule has 1 aromatic rings. The van der Waals surface area contributed by atoms with E-state index in [2.05, 4.69) is 15.0 Å². The van der Waals surface area contributed by atoms with Gasteiger partial charge in [0.1, 0.15) is 0 Å². The van der Waals surface area contributed by atoms with Gasteiger partial charge in [0.2, 0.25) is 5.91 Å². The minimum Gasteiger partial charge on any atom is -0.465 e. The minimum atomic E-state index is -0.524. The zero-order chi connectivity index (χ0) is 11.4. The summed E-state index contributed by atoms with van der Waals surface area (Å²) in [5, 5.41) is 2.43. The number of hydrogen-bond acceptors (Lipinski definition) is 5. The van der Waals surface area contributed by atoms with Gasteiger partial charge >= 0.3 is 5.97 Å². The van der Waals surface area contributed by atoms with Gasteiger partial charge in [-0.2, -0.15) is 0 Å². The van der Waals surface area contributed by atoms with Crippen molar-refractivity contribution in [2.45, 2.75) is 6.92 Å². The Kier molecular flexibility index (Phi) is 3.22. The number of carbonyl (C=O) groups excluding carboxylic acids is 2. The minimum absolute atomic E-state index is 0.216. The standard InChI is InChI=1S/C9H11N3O3/c1-5(13)12-8-7(10)3-6(4-11-8)9(14)15-2/h3-4H,10H2,1-2H3,(H,11,12,13). The Morgan fingerprint density at radius 1 is 1.53 bits per heavy atom. The molecule has 0 spiro atoms. The maximum Gasteiger partial charge on any atom is 0.339 e. The number of pyridine rings is 1. The zero-order valence-electron chi connectivity index (χ0n) is 8.40. The molecule has 0 bridgehead atoms. The Balaban J connectivity index is 2.97. The van der Waals surface area contributed by atoms with Crippen molar-refractivity contribution in [2.24, 2.45) is 0 Å². The Morgan fingerprint density at radius 2 is 2.20 bits per heavy atom. The summed E-state index contributed by atoms with van der Waals surface area (Å²) in [6.07, 6.45) is 1.29. The van der Waals surface area contributed by atoms with E-state index in [0.717, 1.165) is 0 Å². The number of anilines is 2. The number of nitrogens with zero attached hydrogens (tertiary/aromatic N) is 1. The molecule has 0 aromatic carbocycles. The monoisotopic (exact) mass is 209 g/mol. The van der Waals surface area contributed by atoms with E-state index in [1.807, 2.05) is 0 Å². The molecule has 0 unspecified atom stereocenters. The number of nitrogens with one attached hydrogen (secondary N) is 1. The van der Waals surface area contributed by atoms with E-state index in [1.165, 1.54) is 26.3 Å². The fourth-order valence-corrected chi connectivity index (χ4v) is 0.982. The number of amides is 1. The van der Waals surface area contributed by atoms with E-state index in [0.29, 0.717) is 0 Å². The Hall–Kier alpha value is -2.11. The average Bonchev–Trinajstić information content (AvgIpc) is 2.19. The lowest BCUT2D eigenvalue weighted by molar-refractivity contribution is -0.114. The molecule has 6 nitrogen and oxygen atoms in total. The lowest BCUT2D eigenvalue weighted by Crippen LogP contribution is -2.11. The molecule has 3 N–H and O–H groups in total. The smallest absolute Gasteiger partial charge is 0.339 e. The molecule has 80 valence electrons. The van der Waals surface area contributed by atoms with Crippen LogP contribution in [0.2, 0.25) is 0 Å². The van der Waals surface area contributed by atoms with Gasteiger partial charge in [0, 0.05) is 13.1 Å². The molecule has 0 aliphatic rings. The number of nitrogens with two attached hydrogens (primary N) is 1. The highest BCUT2D eigenvalue weighted by Crippen LogP contribution is 2.16. The number of hydrogen-bond donors (Lipinski definition) is 2. The van der Waals surface area contributed by atoms with Gasteiger partial charge in [-0.05, 0) is 6.07 Å². The van der Waals surface area contributed by atoms with Crippen LogP contribution < -0.4 is 11.1 Å². The van der Waals surface area contributed by atoms with Crippen molar-refractivity contribution in [3.8, 4) is 0 Å². The Labute approximate surface area is 86.4 Å². The Bertz CT molecular complexity index is 404. The van der Waals surface area contributed by atoms with Gasteiger partial charge in [-0.3, -0.25) is 4.79 Å². The number of nitrogen functional groups attached to an aromatic ring is 1. The van der Waals surface area contributed by atoms with Gasteiger partial charge in [0.25, 0.3) is 0 Å². The molecule has 0 atom stereocenters. The van der Waals surface area contributed by atoms with Crippen molar-refractivity contribution in [1.82, 2.24) is 4.98 Å². The first-order chi connectivity index (χ1) is 7.04. The molecule has 0 aliphatic heterocycles. The maximum absolute atomic E-state index is 11.1. The van der Waals surface area contributed by atoms with Gasteiger partial charge in [-0.1, -0.05) is 0 Å². The third-order valence-corrected chi connectivity index (χ3v) is 1.63. The largest absolute Gasteiger partial charge is 0.465 e. The van der Waals surface area contributed by atoms with Gasteiger partial charge in [0.05, 0.1) is 18.4 Å². The molecular weight excluding hydrogens is 198 g/mol. The van der Waals surface area contributed by atoms with Crippen molar-refractivity contribution in [3.05, 3.63) is 17.8 Å². The molecule has 6 heteroatoms. The molecule has 0 radical (unpaired) electrons. The summed E-state index contributed by atoms with van der Waals surface area (Å²) >= 11 is 0. The third kappa shape index (κ3) is 2.67. The zero-order valence-corrected chi connectivity index (χ0v) is 8.40.